The molecule has 0 aliphatic rings. The van der Waals surface area contributed by atoms with E-state index in [9.17, 15) is 9.59 Å². The first-order valence-electron chi connectivity index (χ1n) is 11.3. The second-order valence-corrected chi connectivity index (χ2v) is 14.8. The number of hydrogen-bond acceptors (Lipinski definition) is 5. The van der Waals surface area contributed by atoms with Crippen molar-refractivity contribution >= 4 is 36.9 Å². The third-order valence-corrected chi connectivity index (χ3v) is 10.8. The van der Waals surface area contributed by atoms with Gasteiger partial charge in [0.1, 0.15) is 0 Å². The van der Waals surface area contributed by atoms with E-state index in [1.54, 1.807) is 12.3 Å². The second kappa shape index (κ2) is 9.98. The molecule has 9 heteroatoms. The molecule has 1 heterocycles. The van der Waals surface area contributed by atoms with Crippen LogP contribution in [0.15, 0.2) is 48.7 Å². The average Bonchev–Trinajstić information content (AvgIpc) is 3.15. The number of nitrogens with one attached hydrogen (secondary N) is 1. The molecular formula is C25H34N4O4Si. The quantitative estimate of drug-likeness (QED) is 0.432. The van der Waals surface area contributed by atoms with E-state index < -0.39 is 26.4 Å². The zero-order valence-corrected chi connectivity index (χ0v) is 21.7. The Balaban J connectivity index is 1.76. The Morgan fingerprint density at radius 2 is 1.91 bits per heavy atom. The van der Waals surface area contributed by atoms with E-state index in [2.05, 4.69) is 44.3 Å². The molecule has 0 fully saturated rings. The van der Waals surface area contributed by atoms with Crippen molar-refractivity contribution in [2.45, 2.75) is 58.4 Å². The molecule has 0 saturated heterocycles. The number of aromatic nitrogens is 2. The molecule has 1 atom stereocenters. The number of carbonyl (C=O) groups excluding carboxylic acids is 2. The van der Waals surface area contributed by atoms with Crippen LogP contribution >= 0.6 is 0 Å². The van der Waals surface area contributed by atoms with Crippen LogP contribution in [0.25, 0.3) is 16.6 Å². The fourth-order valence-electron chi connectivity index (χ4n) is 3.31. The van der Waals surface area contributed by atoms with Crippen molar-refractivity contribution in [1.82, 2.24) is 9.78 Å². The van der Waals surface area contributed by atoms with Crippen molar-refractivity contribution in [3.63, 3.8) is 0 Å². The van der Waals surface area contributed by atoms with Crippen molar-refractivity contribution in [3.8, 4) is 5.69 Å². The van der Waals surface area contributed by atoms with E-state index in [0.717, 1.165) is 22.2 Å². The van der Waals surface area contributed by atoms with Crippen molar-refractivity contribution in [2.24, 2.45) is 5.73 Å². The fourth-order valence-corrected chi connectivity index (χ4v) is 4.37. The third kappa shape index (κ3) is 6.03. The van der Waals surface area contributed by atoms with Gasteiger partial charge in [-0.2, -0.15) is 5.10 Å². The number of nitrogens with two attached hydrogens (primary N) is 1. The topological polar surface area (TPSA) is 108 Å². The number of fused-ring (bicyclic) bond motifs is 1. The summed E-state index contributed by atoms with van der Waals surface area (Å²) in [4.78, 5) is 24.4. The van der Waals surface area contributed by atoms with Crippen LogP contribution in [-0.4, -0.2) is 42.8 Å². The number of aryl methyl sites for hydroxylation is 1. The maximum absolute atomic E-state index is 13.0. The predicted octanol–water partition coefficient (Wildman–Crippen LogP) is 5.15. The molecule has 2 aromatic carbocycles. The highest BCUT2D eigenvalue weighted by molar-refractivity contribution is 6.74. The highest BCUT2D eigenvalue weighted by atomic mass is 28.4. The monoisotopic (exact) mass is 482 g/mol. The van der Waals surface area contributed by atoms with Crippen LogP contribution in [-0.2, 0) is 14.0 Å². The molecule has 2 amide bonds. The number of amides is 2. The van der Waals surface area contributed by atoms with Gasteiger partial charge in [-0.25, -0.2) is 9.48 Å². The Labute approximate surface area is 201 Å². The largest absolute Gasteiger partial charge is 0.436 e. The lowest BCUT2D eigenvalue weighted by Gasteiger charge is -2.36. The number of anilines is 1. The number of benzene rings is 2. The van der Waals surface area contributed by atoms with Crippen LogP contribution in [0.3, 0.4) is 0 Å². The lowest BCUT2D eigenvalue weighted by molar-refractivity contribution is -0.124. The lowest BCUT2D eigenvalue weighted by atomic mass is 10.2. The molecule has 3 rings (SSSR count). The summed E-state index contributed by atoms with van der Waals surface area (Å²) in [5, 5.41) is 8.30. The smallest absolute Gasteiger partial charge is 0.405 e. The van der Waals surface area contributed by atoms with Crippen LogP contribution in [0.4, 0.5) is 10.5 Å². The zero-order valence-electron chi connectivity index (χ0n) is 20.7. The van der Waals surface area contributed by atoms with Crippen LogP contribution in [0, 0.1) is 6.92 Å². The molecule has 1 aromatic heterocycles. The van der Waals surface area contributed by atoms with Crippen molar-refractivity contribution in [2.75, 3.05) is 11.9 Å². The highest BCUT2D eigenvalue weighted by Gasteiger charge is 2.37. The maximum atomic E-state index is 13.0. The summed E-state index contributed by atoms with van der Waals surface area (Å²) in [7, 11) is -2.00. The van der Waals surface area contributed by atoms with Crippen LogP contribution in [0.5, 0.6) is 0 Å². The fraction of sp³-hybridized carbons (Fsp3) is 0.400. The Morgan fingerprint density at radius 1 is 1.18 bits per heavy atom. The Bertz CT molecular complexity index is 1180. The summed E-state index contributed by atoms with van der Waals surface area (Å²) in [6.45, 7) is 13.0. The molecule has 8 nitrogen and oxygen atoms in total. The summed E-state index contributed by atoms with van der Waals surface area (Å²) in [5.74, 6) is -0.460. The van der Waals surface area contributed by atoms with Gasteiger partial charge in [0.2, 0.25) is 0 Å². The van der Waals surface area contributed by atoms with Gasteiger partial charge in [-0.1, -0.05) is 32.9 Å². The van der Waals surface area contributed by atoms with Crippen molar-refractivity contribution < 1.29 is 18.8 Å². The Kier molecular flexibility index (Phi) is 7.47. The normalized spacial score (nSPS) is 13.0. The predicted molar refractivity (Wildman–Crippen MR) is 137 cm³/mol. The molecule has 0 spiro atoms. The second-order valence-electron chi connectivity index (χ2n) is 9.98. The number of carbonyl (C=O) groups is 2. The van der Waals surface area contributed by atoms with Gasteiger partial charge in [0, 0.05) is 24.1 Å². The van der Waals surface area contributed by atoms with Crippen molar-refractivity contribution in [3.05, 3.63) is 54.2 Å². The van der Waals surface area contributed by atoms with Crippen LogP contribution < -0.4 is 11.1 Å². The summed E-state index contributed by atoms with van der Waals surface area (Å²) < 4.78 is 13.1. The number of hydrogen-bond donors (Lipinski definition) is 2. The first-order valence-corrected chi connectivity index (χ1v) is 14.2. The number of rotatable bonds is 8. The highest BCUT2D eigenvalue weighted by Crippen LogP contribution is 2.36. The number of ether oxygens (including phenoxy) is 1. The lowest BCUT2D eigenvalue weighted by Crippen LogP contribution is -2.42. The molecule has 0 radical (unpaired) electrons. The van der Waals surface area contributed by atoms with Crippen LogP contribution in [0.1, 0.15) is 32.8 Å². The molecule has 3 N–H and O–H groups in total. The van der Waals surface area contributed by atoms with Gasteiger partial charge in [0.05, 0.1) is 17.4 Å². The molecule has 0 aliphatic carbocycles. The summed E-state index contributed by atoms with van der Waals surface area (Å²) in [6, 6.07) is 13.5. The average molecular weight is 483 g/mol. The van der Waals surface area contributed by atoms with Gasteiger partial charge in [-0.05, 0) is 61.0 Å². The maximum Gasteiger partial charge on any atom is 0.405 e. The molecular weight excluding hydrogens is 448 g/mol. The summed E-state index contributed by atoms with van der Waals surface area (Å²) in [5.41, 5.74) is 8.68. The first kappa shape index (κ1) is 25.4. The SMILES string of the molecule is Cc1cccc(-n2ncc3ccc(NC(=O)[C@H](CCO[Si](C)(C)C(C)(C)C)OC(N)=O)cc32)c1. The number of nitrogens with zero attached hydrogens (tertiary/aromatic N) is 2. The Hall–Kier alpha value is -3.17. The molecule has 34 heavy (non-hydrogen) atoms. The zero-order chi connectivity index (χ0) is 25.1. The van der Waals surface area contributed by atoms with Gasteiger partial charge in [-0.3, -0.25) is 4.79 Å². The minimum absolute atomic E-state index is 0.0327. The molecule has 0 bridgehead atoms. The minimum Gasteiger partial charge on any atom is -0.436 e. The van der Waals surface area contributed by atoms with E-state index in [0.29, 0.717) is 12.3 Å². The molecule has 182 valence electrons. The molecule has 3 aromatic rings. The van der Waals surface area contributed by atoms with E-state index in [4.69, 9.17) is 14.9 Å². The van der Waals surface area contributed by atoms with E-state index in [-0.39, 0.29) is 11.5 Å². The molecule has 0 unspecified atom stereocenters. The minimum atomic E-state index is -2.00. The molecule has 0 aliphatic heterocycles. The molecule has 0 saturated carbocycles. The third-order valence-electron chi connectivity index (χ3n) is 6.28. The van der Waals surface area contributed by atoms with Gasteiger partial charge in [0.15, 0.2) is 14.4 Å². The summed E-state index contributed by atoms with van der Waals surface area (Å²) in [6.07, 6.45) is -0.0642. The Morgan fingerprint density at radius 3 is 2.56 bits per heavy atom. The van der Waals surface area contributed by atoms with Crippen molar-refractivity contribution in [1.29, 1.82) is 0 Å². The van der Waals surface area contributed by atoms with E-state index >= 15 is 0 Å². The summed E-state index contributed by atoms with van der Waals surface area (Å²) >= 11 is 0. The van der Waals surface area contributed by atoms with E-state index in [1.165, 1.54) is 0 Å². The van der Waals surface area contributed by atoms with Gasteiger partial charge in [-0.15, -0.1) is 0 Å². The van der Waals surface area contributed by atoms with Gasteiger partial charge in [0.25, 0.3) is 5.91 Å². The van der Waals surface area contributed by atoms with Gasteiger partial charge < -0.3 is 20.2 Å². The first-order chi connectivity index (χ1) is 15.9. The van der Waals surface area contributed by atoms with E-state index in [1.807, 2.05) is 48.0 Å². The van der Waals surface area contributed by atoms with Gasteiger partial charge >= 0.3 is 6.09 Å². The van der Waals surface area contributed by atoms with Crippen LogP contribution in [0.2, 0.25) is 18.1 Å². The number of primary amides is 1. The standard InChI is InChI=1S/C25H34N4O4Si/c1-17-8-7-9-20(14-17)29-21-15-19(11-10-18(21)16-27-29)28-23(30)22(33-24(26)31)12-13-32-34(5,6)25(2,3)4/h7-11,14-16,22H,12-13H2,1-6H3,(H2,26,31)(H,28,30)/t22-/m0/s1.